The summed E-state index contributed by atoms with van der Waals surface area (Å²) in [5.74, 6) is -3.65. The molecule has 488 valence electrons. The van der Waals surface area contributed by atoms with Gasteiger partial charge >= 0.3 is 0 Å². The third-order valence-electron chi connectivity index (χ3n) is 15.3. The first kappa shape index (κ1) is 67.1. The molecule has 8 aromatic carbocycles. The van der Waals surface area contributed by atoms with Crippen LogP contribution in [0.2, 0.25) is 0 Å². The zero-order valence-corrected chi connectivity index (χ0v) is 54.9. The number of benzene rings is 8. The summed E-state index contributed by atoms with van der Waals surface area (Å²) in [6.07, 6.45) is -0.427. The van der Waals surface area contributed by atoms with Crippen LogP contribution in [0.3, 0.4) is 0 Å². The van der Waals surface area contributed by atoms with Gasteiger partial charge in [-0.25, -0.2) is 9.80 Å². The van der Waals surface area contributed by atoms with Gasteiger partial charge in [0.25, 0.3) is 40.5 Å². The molecule has 2 fully saturated rings. The summed E-state index contributed by atoms with van der Waals surface area (Å²) >= 11 is 6.17. The molecule has 2 aliphatic rings. The molecule has 2 unspecified atom stereocenters. The smallest absolute Gasteiger partial charge is 0.296 e. The zero-order valence-electron chi connectivity index (χ0n) is 49.1. The molecular weight excluding hydrogens is 1380 g/mol. The lowest BCUT2D eigenvalue weighted by Gasteiger charge is -2.18. The van der Waals surface area contributed by atoms with E-state index in [0.29, 0.717) is 79.4 Å². The summed E-state index contributed by atoms with van der Waals surface area (Å²) in [6.45, 7) is 6.89. The summed E-state index contributed by atoms with van der Waals surface area (Å²) in [5.41, 5.74) is 16.4. The van der Waals surface area contributed by atoms with Crippen LogP contribution >= 0.6 is 36.2 Å². The Morgan fingerprint density at radius 2 is 0.768 bits per heavy atom. The van der Waals surface area contributed by atoms with Gasteiger partial charge in [-0.3, -0.25) is 37.4 Å². The number of hydrogen-bond donors (Lipinski definition) is 9. The van der Waals surface area contributed by atoms with Crippen molar-refractivity contribution in [3.8, 4) is 33.8 Å². The van der Waals surface area contributed by atoms with Crippen LogP contribution in [0.15, 0.2) is 165 Å². The van der Waals surface area contributed by atoms with Gasteiger partial charge in [0.2, 0.25) is 23.6 Å². The maximum atomic E-state index is 14.1. The van der Waals surface area contributed by atoms with Crippen molar-refractivity contribution in [2.75, 3.05) is 21.3 Å². The number of phenols is 2. The van der Waals surface area contributed by atoms with Crippen LogP contribution in [-0.4, -0.2) is 111 Å². The number of anilines is 4. The lowest BCUT2D eigenvalue weighted by atomic mass is 10.00. The van der Waals surface area contributed by atoms with Crippen molar-refractivity contribution in [3.05, 3.63) is 131 Å². The van der Waals surface area contributed by atoms with Crippen molar-refractivity contribution in [2.45, 2.75) is 86.1 Å². The van der Waals surface area contributed by atoms with Crippen LogP contribution in [0.25, 0.3) is 43.8 Å². The minimum atomic E-state index is -5.13. The van der Waals surface area contributed by atoms with E-state index in [9.17, 15) is 81.3 Å². The fourth-order valence-electron chi connectivity index (χ4n) is 10.8. The highest BCUT2D eigenvalue weighted by Gasteiger charge is 2.43. The fourth-order valence-corrected chi connectivity index (χ4v) is 16.0. The number of azo groups is 2. The van der Waals surface area contributed by atoms with Crippen LogP contribution in [0, 0.1) is 27.7 Å². The Bertz CT molecular complexity index is 5140. The molecule has 0 spiro atoms. The van der Waals surface area contributed by atoms with E-state index in [1.165, 1.54) is 0 Å². The highest BCUT2D eigenvalue weighted by atomic mass is 32.2. The zero-order chi connectivity index (χ0) is 68.9. The Labute approximate surface area is 552 Å². The van der Waals surface area contributed by atoms with Gasteiger partial charge in [0.15, 0.2) is 27.0 Å². The van der Waals surface area contributed by atoms with E-state index in [1.807, 2.05) is 0 Å². The second-order valence-electron chi connectivity index (χ2n) is 21.5. The number of thiol groups is 1. The molecule has 0 radical (unpaired) electrons. The maximum Gasteiger partial charge on any atom is 0.296 e. The molecule has 3 heterocycles. The number of carbonyl (C=O) groups excluding carboxylic acids is 4. The molecular formula is C59H47N11O18S7. The van der Waals surface area contributed by atoms with Crippen LogP contribution in [-0.2, 0) is 59.7 Å². The van der Waals surface area contributed by atoms with Crippen molar-refractivity contribution in [3.63, 3.8) is 0 Å². The Morgan fingerprint density at radius 3 is 1.09 bits per heavy atom. The van der Waals surface area contributed by atoms with Gasteiger partial charge in [-0.05, 0) is 145 Å². The Morgan fingerprint density at radius 1 is 0.453 bits per heavy atom. The number of nitrogens with zero attached hydrogens (tertiary/aromatic N) is 9. The fraction of sp³-hybridized carbons (Fsp3) is 0.136. The number of nitrogen functional groups attached to an aromatic ring is 2. The number of aromatic hydroxyl groups is 2. The molecule has 2 atom stereocenters. The highest BCUT2D eigenvalue weighted by Crippen LogP contribution is 2.47. The number of fused-ring (bicyclic) bond motifs is 2. The molecule has 9 aromatic rings. The molecule has 1 aromatic heterocycles. The molecule has 2 aliphatic heterocycles. The highest BCUT2D eigenvalue weighted by molar-refractivity contribution is 8.01. The predicted molar refractivity (Wildman–Crippen MR) is 351 cm³/mol. The Hall–Kier alpha value is -9.34. The Balaban J connectivity index is 0.737. The van der Waals surface area contributed by atoms with Gasteiger partial charge in [-0.15, -0.1) is 22.9 Å². The van der Waals surface area contributed by atoms with E-state index in [2.05, 4.69) is 48.0 Å². The van der Waals surface area contributed by atoms with E-state index < -0.39 is 128 Å². The summed E-state index contributed by atoms with van der Waals surface area (Å²) in [5, 5.41) is 35.1. The third-order valence-corrected chi connectivity index (χ3v) is 21.2. The monoisotopic (exact) mass is 1420 g/mol. The first-order chi connectivity index (χ1) is 44.5. The second-order valence-corrected chi connectivity index (χ2v) is 29.8. The molecule has 10 N–H and O–H groups in total. The van der Waals surface area contributed by atoms with Gasteiger partial charge in [0.05, 0.1) is 44.9 Å². The normalized spacial score (nSPS) is 15.9. The summed E-state index contributed by atoms with van der Waals surface area (Å²) < 4.78 is 136. The average Bonchev–Trinajstić information content (AvgIpc) is 1.68. The van der Waals surface area contributed by atoms with Crippen LogP contribution < -0.4 is 21.3 Å². The summed E-state index contributed by atoms with van der Waals surface area (Å²) in [7, 11) is -20.4. The first-order valence-corrected chi connectivity index (χ1v) is 35.3. The van der Waals surface area contributed by atoms with Gasteiger partial charge in [-0.1, -0.05) is 59.9 Å². The third kappa shape index (κ3) is 13.0. The SMILES string of the molecule is Cc1cc(-c2ccc(N3C(=O)CC(Sc4nc(S)nc(SC5CC(=O)N(c6ccc(-c7ccc(/N=N/c8ccc9c(S(=O)(=O)O)cc(S(=O)(=O)O)c(N)c9c8O)c(C)c7)cc6C)C5=O)n4)C3=O)c(C)c2)ccc1/N=N/c1ccc2c(S(=O)(=O)O)cc(S(=O)(=O)O)c(N)c2c1O. The molecule has 0 saturated carbocycles. The molecule has 4 amide bonds. The van der Waals surface area contributed by atoms with E-state index in [-0.39, 0.29) is 50.5 Å². The van der Waals surface area contributed by atoms with Gasteiger partial charge in [0.1, 0.15) is 41.5 Å². The molecule has 0 bridgehead atoms. The topological polar surface area (TPSA) is 473 Å². The van der Waals surface area contributed by atoms with E-state index in [1.54, 1.807) is 100 Å². The second kappa shape index (κ2) is 24.8. The number of thioether (sulfide) groups is 2. The number of imide groups is 2. The van der Waals surface area contributed by atoms with Gasteiger partial charge < -0.3 is 21.7 Å². The van der Waals surface area contributed by atoms with Crippen LogP contribution in [0.4, 0.5) is 45.5 Å². The quantitative estimate of drug-likeness (QED) is 0.0143. The van der Waals surface area contributed by atoms with Gasteiger partial charge in [0, 0.05) is 23.6 Å². The number of aromatic nitrogens is 3. The number of phenolic OH excluding ortho intramolecular Hbond substituents is 2. The summed E-state index contributed by atoms with van der Waals surface area (Å²) in [4.78, 5) is 66.5. The van der Waals surface area contributed by atoms with Crippen molar-refractivity contribution in [1.29, 1.82) is 0 Å². The van der Waals surface area contributed by atoms with Crippen molar-refractivity contribution in [1.82, 2.24) is 15.0 Å². The predicted octanol–water partition coefficient (Wildman–Crippen LogP) is 10.3. The van der Waals surface area contributed by atoms with E-state index >= 15 is 0 Å². The number of hydrogen-bond acceptors (Lipinski definition) is 26. The minimum absolute atomic E-state index is 0.0349. The maximum absolute atomic E-state index is 14.1. The molecule has 36 heteroatoms. The van der Waals surface area contributed by atoms with Crippen LogP contribution in [0.1, 0.15) is 35.1 Å². The van der Waals surface area contributed by atoms with E-state index in [4.69, 9.17) is 11.5 Å². The minimum Gasteiger partial charge on any atom is -0.505 e. The number of carbonyl (C=O) groups is 4. The van der Waals surface area contributed by atoms with Gasteiger partial charge in [-0.2, -0.15) is 58.9 Å². The average molecular weight is 1420 g/mol. The lowest BCUT2D eigenvalue weighted by Crippen LogP contribution is -2.32. The summed E-state index contributed by atoms with van der Waals surface area (Å²) in [6, 6.07) is 25.9. The number of aryl methyl sites for hydroxylation is 4. The molecule has 0 aliphatic carbocycles. The first-order valence-electron chi connectivity index (χ1n) is 27.3. The molecule has 11 rings (SSSR count). The number of nitrogens with two attached hydrogens (primary N) is 2. The standard InChI is InChI=1S/C59H47N11O18S7/c1-25-17-29(5-11-35(25)65-67-37-13-9-33-43(92(77,78)79)23-45(94(83,84)85)51(60)49(33)53(37)73)31-7-15-39(27(3)19-31)69-47(71)21-41(55(69)75)90-58-62-57(89)63-59(64-58)91-42-22-48(72)70(56(42)76)40-16-8-32(20-28(40)4)30-6-12-36(26(2)18-30)66-68-38-14-10-34-44(93(80,81)82)24-46(95(86,87)88)52(61)50(34)54(38)74/h5-20,23-24,41-42,73-74H,21-22,60-61H2,1-4H3,(H,77,78,79)(H,80,81,82)(H,83,84,85)(H,86,87,88)(H,62,63,64,89)/b67-65+,68-66+. The molecule has 95 heavy (non-hydrogen) atoms. The number of rotatable bonds is 16. The van der Waals surface area contributed by atoms with Crippen molar-refractivity contribution < 1.29 is 81.3 Å². The van der Waals surface area contributed by atoms with Crippen LogP contribution in [0.5, 0.6) is 11.5 Å². The van der Waals surface area contributed by atoms with Crippen molar-refractivity contribution in [2.24, 2.45) is 20.5 Å². The number of amides is 4. The van der Waals surface area contributed by atoms with E-state index in [0.717, 1.165) is 57.6 Å². The lowest BCUT2D eigenvalue weighted by molar-refractivity contribution is -0.122. The van der Waals surface area contributed by atoms with Crippen molar-refractivity contribution >= 4 is 167 Å². The largest absolute Gasteiger partial charge is 0.505 e. The Kier molecular flexibility index (Phi) is 17.5. The molecule has 29 nitrogen and oxygen atoms in total. The molecule has 2 saturated heterocycles.